The molecule has 0 spiro atoms. The summed E-state index contributed by atoms with van der Waals surface area (Å²) in [5.74, 6) is 0.676. The van der Waals surface area contributed by atoms with Crippen molar-refractivity contribution in [3.8, 4) is 5.69 Å². The number of para-hydroxylation sites is 1. The molecule has 0 bridgehead atoms. The van der Waals surface area contributed by atoms with E-state index in [-0.39, 0.29) is 23.2 Å². The first-order valence-corrected chi connectivity index (χ1v) is 8.26. The number of carbonyl (C=O) groups is 1. The minimum atomic E-state index is -0.269. The van der Waals surface area contributed by atoms with E-state index in [0.717, 1.165) is 31.6 Å². The number of aromatic amines is 1. The smallest absolute Gasteiger partial charge is 0.271 e. The summed E-state index contributed by atoms with van der Waals surface area (Å²) < 4.78 is 3.38. The number of H-pyrrole nitrogens is 1. The number of nitrogens with one attached hydrogen (secondary N) is 2. The van der Waals surface area contributed by atoms with Crippen LogP contribution in [-0.4, -0.2) is 36.5 Å². The van der Waals surface area contributed by atoms with E-state index in [9.17, 15) is 9.59 Å². The van der Waals surface area contributed by atoms with Crippen LogP contribution < -0.4 is 10.9 Å². The topological polar surface area (TPSA) is 97.6 Å². The molecular weight excluding hydrogens is 320 g/mol. The number of amides is 1. The van der Waals surface area contributed by atoms with Gasteiger partial charge in [-0.1, -0.05) is 18.2 Å². The Balaban J connectivity index is 1.47. The SMILES string of the molecule is O=C(NC1CCc2nncn2CC1)c1cc(=O)n(-c2ccccc2)[nH]1. The second-order valence-corrected chi connectivity index (χ2v) is 6.12. The molecule has 3 aromatic rings. The average molecular weight is 338 g/mol. The maximum absolute atomic E-state index is 12.5. The lowest BCUT2D eigenvalue weighted by atomic mass is 10.1. The minimum absolute atomic E-state index is 0.0396. The largest absolute Gasteiger partial charge is 0.348 e. The number of benzene rings is 1. The summed E-state index contributed by atoms with van der Waals surface area (Å²) in [5, 5.41) is 13.9. The molecule has 1 aliphatic heterocycles. The fourth-order valence-corrected chi connectivity index (χ4v) is 3.09. The number of fused-ring (bicyclic) bond motifs is 1. The fourth-order valence-electron chi connectivity index (χ4n) is 3.09. The number of aryl methyl sites for hydroxylation is 2. The Morgan fingerprint density at radius 2 is 2.08 bits per heavy atom. The summed E-state index contributed by atoms with van der Waals surface area (Å²) in [5.41, 5.74) is 0.694. The van der Waals surface area contributed by atoms with Crippen molar-refractivity contribution in [2.24, 2.45) is 0 Å². The predicted molar refractivity (Wildman–Crippen MR) is 90.6 cm³/mol. The molecule has 1 aliphatic rings. The Kier molecular flexibility index (Phi) is 3.93. The van der Waals surface area contributed by atoms with Crippen molar-refractivity contribution in [2.45, 2.75) is 31.8 Å². The van der Waals surface area contributed by atoms with E-state index in [0.29, 0.717) is 5.69 Å². The maximum Gasteiger partial charge on any atom is 0.271 e. The number of aromatic nitrogens is 5. The van der Waals surface area contributed by atoms with Crippen LogP contribution in [0.15, 0.2) is 47.5 Å². The van der Waals surface area contributed by atoms with Crippen molar-refractivity contribution < 1.29 is 4.79 Å². The molecule has 128 valence electrons. The zero-order valence-corrected chi connectivity index (χ0v) is 13.6. The van der Waals surface area contributed by atoms with Crippen LogP contribution in [0.4, 0.5) is 0 Å². The van der Waals surface area contributed by atoms with E-state index in [1.807, 2.05) is 22.8 Å². The van der Waals surface area contributed by atoms with Crippen molar-refractivity contribution >= 4 is 5.91 Å². The van der Waals surface area contributed by atoms with E-state index in [2.05, 4.69) is 20.6 Å². The Morgan fingerprint density at radius 3 is 2.92 bits per heavy atom. The molecule has 1 aromatic carbocycles. The zero-order valence-electron chi connectivity index (χ0n) is 13.6. The van der Waals surface area contributed by atoms with Gasteiger partial charge in [-0.05, 0) is 25.0 Å². The molecule has 2 aromatic heterocycles. The third kappa shape index (κ3) is 3.10. The summed E-state index contributed by atoms with van der Waals surface area (Å²) >= 11 is 0. The van der Waals surface area contributed by atoms with Crippen molar-refractivity contribution in [3.63, 3.8) is 0 Å². The van der Waals surface area contributed by atoms with Crippen molar-refractivity contribution in [2.75, 3.05) is 0 Å². The standard InChI is InChI=1S/C17H18N6O2/c24-16-10-14(21-23(16)13-4-2-1-3-5-13)17(25)19-12-6-7-15-20-18-11-22(15)9-8-12/h1-5,10-12,21H,6-9H2,(H,19,25). The first-order valence-electron chi connectivity index (χ1n) is 8.26. The molecule has 0 saturated heterocycles. The average Bonchev–Trinajstić information content (AvgIpc) is 3.20. The summed E-state index contributed by atoms with van der Waals surface area (Å²) in [6, 6.07) is 10.5. The van der Waals surface area contributed by atoms with Gasteiger partial charge in [0.1, 0.15) is 17.8 Å². The molecule has 1 unspecified atom stereocenters. The van der Waals surface area contributed by atoms with Gasteiger partial charge in [-0.2, -0.15) is 0 Å². The predicted octanol–water partition coefficient (Wildman–Crippen LogP) is 0.892. The minimum Gasteiger partial charge on any atom is -0.348 e. The van der Waals surface area contributed by atoms with Gasteiger partial charge < -0.3 is 9.88 Å². The summed E-state index contributed by atoms with van der Waals surface area (Å²) in [7, 11) is 0. The molecule has 25 heavy (non-hydrogen) atoms. The zero-order chi connectivity index (χ0) is 17.2. The molecule has 0 radical (unpaired) electrons. The second kappa shape index (κ2) is 6.39. The Bertz CT molecular complexity index is 917. The van der Waals surface area contributed by atoms with Crippen molar-refractivity contribution in [3.05, 3.63) is 64.6 Å². The lowest BCUT2D eigenvalue weighted by Crippen LogP contribution is -2.35. The van der Waals surface area contributed by atoms with E-state index in [4.69, 9.17) is 0 Å². The summed E-state index contributed by atoms with van der Waals surface area (Å²) in [6.45, 7) is 0.773. The van der Waals surface area contributed by atoms with Gasteiger partial charge in [0, 0.05) is 25.1 Å². The second-order valence-electron chi connectivity index (χ2n) is 6.12. The number of hydrogen-bond acceptors (Lipinski definition) is 4. The Morgan fingerprint density at radius 1 is 1.24 bits per heavy atom. The van der Waals surface area contributed by atoms with E-state index in [1.54, 1.807) is 18.5 Å². The van der Waals surface area contributed by atoms with Crippen LogP contribution in [0, 0.1) is 0 Å². The third-order valence-corrected chi connectivity index (χ3v) is 4.45. The van der Waals surface area contributed by atoms with Crippen LogP contribution in [0.5, 0.6) is 0 Å². The van der Waals surface area contributed by atoms with Crippen LogP contribution in [0.1, 0.15) is 29.2 Å². The molecule has 0 saturated carbocycles. The van der Waals surface area contributed by atoms with Crippen LogP contribution in [0.25, 0.3) is 5.69 Å². The highest BCUT2D eigenvalue weighted by Gasteiger charge is 2.20. The molecule has 3 heterocycles. The van der Waals surface area contributed by atoms with Crippen molar-refractivity contribution in [1.82, 2.24) is 29.9 Å². The normalized spacial score (nSPS) is 16.9. The Labute approximate surface area is 143 Å². The molecule has 4 rings (SSSR count). The fraction of sp³-hybridized carbons (Fsp3) is 0.294. The van der Waals surface area contributed by atoms with Gasteiger partial charge in [0.2, 0.25) is 0 Å². The van der Waals surface area contributed by atoms with Crippen LogP contribution >= 0.6 is 0 Å². The number of hydrogen-bond donors (Lipinski definition) is 2. The van der Waals surface area contributed by atoms with Gasteiger partial charge in [-0.3, -0.25) is 14.7 Å². The van der Waals surface area contributed by atoms with Gasteiger partial charge >= 0.3 is 0 Å². The molecule has 8 nitrogen and oxygen atoms in total. The quantitative estimate of drug-likeness (QED) is 0.741. The van der Waals surface area contributed by atoms with Gasteiger partial charge in [-0.15, -0.1) is 10.2 Å². The van der Waals surface area contributed by atoms with E-state index < -0.39 is 0 Å². The van der Waals surface area contributed by atoms with Crippen LogP contribution in [-0.2, 0) is 13.0 Å². The van der Waals surface area contributed by atoms with Gasteiger partial charge in [0.15, 0.2) is 0 Å². The monoisotopic (exact) mass is 338 g/mol. The molecule has 8 heteroatoms. The Hall–Kier alpha value is -3.16. The number of carbonyl (C=O) groups excluding carboxylic acids is 1. The first kappa shape index (κ1) is 15.4. The first-order chi connectivity index (χ1) is 12.2. The van der Waals surface area contributed by atoms with E-state index >= 15 is 0 Å². The van der Waals surface area contributed by atoms with Gasteiger partial charge in [-0.25, -0.2) is 4.68 Å². The van der Waals surface area contributed by atoms with Gasteiger partial charge in [0.25, 0.3) is 11.5 Å². The highest BCUT2D eigenvalue weighted by atomic mass is 16.2. The number of rotatable bonds is 3. The molecular formula is C17H18N6O2. The molecule has 1 amide bonds. The molecule has 2 N–H and O–H groups in total. The van der Waals surface area contributed by atoms with Crippen LogP contribution in [0.2, 0.25) is 0 Å². The maximum atomic E-state index is 12.5. The molecule has 0 aliphatic carbocycles. The lowest BCUT2D eigenvalue weighted by molar-refractivity contribution is 0.0927. The highest BCUT2D eigenvalue weighted by molar-refractivity contribution is 5.92. The molecule has 1 atom stereocenters. The van der Waals surface area contributed by atoms with Crippen LogP contribution in [0.3, 0.4) is 0 Å². The summed E-state index contributed by atoms with van der Waals surface area (Å²) in [6.07, 6.45) is 4.10. The molecule has 0 fully saturated rings. The van der Waals surface area contributed by atoms with Crippen molar-refractivity contribution in [1.29, 1.82) is 0 Å². The summed E-state index contributed by atoms with van der Waals surface area (Å²) in [4.78, 5) is 24.6. The number of nitrogens with zero attached hydrogens (tertiary/aromatic N) is 4. The van der Waals surface area contributed by atoms with Gasteiger partial charge in [0.05, 0.1) is 5.69 Å². The van der Waals surface area contributed by atoms with E-state index in [1.165, 1.54) is 10.7 Å². The highest BCUT2D eigenvalue weighted by Crippen LogP contribution is 2.13. The lowest BCUT2D eigenvalue weighted by Gasteiger charge is -2.15. The third-order valence-electron chi connectivity index (χ3n) is 4.45.